The molecule has 0 unspecified atom stereocenters. The molecule has 1 amide bonds. The van der Waals surface area contributed by atoms with Gasteiger partial charge in [0.2, 0.25) is 0 Å². The fourth-order valence-corrected chi connectivity index (χ4v) is 4.11. The second-order valence-corrected chi connectivity index (χ2v) is 7.65. The number of aromatic nitrogens is 2. The van der Waals surface area contributed by atoms with Crippen molar-refractivity contribution < 1.29 is 4.79 Å². The predicted molar refractivity (Wildman–Crippen MR) is 118 cm³/mol. The minimum atomic E-state index is -0.102. The maximum atomic E-state index is 12.9. The molecule has 1 N–H and O–H groups in total. The van der Waals surface area contributed by atoms with Gasteiger partial charge < -0.3 is 10.2 Å². The third-order valence-corrected chi connectivity index (χ3v) is 5.60. The summed E-state index contributed by atoms with van der Waals surface area (Å²) in [6, 6.07) is 16.4. The summed E-state index contributed by atoms with van der Waals surface area (Å²) in [6.07, 6.45) is 4.94. The molecule has 0 bridgehead atoms. The average Bonchev–Trinajstić information content (AvgIpc) is 3.39. The smallest absolute Gasteiger partial charge is 0.259 e. The zero-order valence-corrected chi connectivity index (χ0v) is 17.2. The van der Waals surface area contributed by atoms with Crippen molar-refractivity contribution in [3.8, 4) is 0 Å². The summed E-state index contributed by atoms with van der Waals surface area (Å²) >= 11 is 0. The molecule has 5 nitrogen and oxygen atoms in total. The molecule has 1 aliphatic rings. The monoisotopic (exact) mass is 388 g/mol. The van der Waals surface area contributed by atoms with Crippen molar-refractivity contribution in [2.75, 3.05) is 23.3 Å². The molecule has 150 valence electrons. The summed E-state index contributed by atoms with van der Waals surface area (Å²) in [5.41, 5.74) is 6.06. The van der Waals surface area contributed by atoms with Gasteiger partial charge in [-0.1, -0.05) is 37.3 Å². The Morgan fingerprint density at radius 3 is 2.55 bits per heavy atom. The number of carbonyl (C=O) groups is 1. The number of benzene rings is 2. The zero-order valence-electron chi connectivity index (χ0n) is 17.2. The molecule has 5 heteroatoms. The van der Waals surface area contributed by atoms with Crippen LogP contribution in [-0.2, 0) is 13.0 Å². The quantitative estimate of drug-likeness (QED) is 0.668. The fraction of sp³-hybridized carbons (Fsp3) is 0.333. The molecule has 4 rings (SSSR count). The topological polar surface area (TPSA) is 50.2 Å². The third kappa shape index (κ3) is 4.19. The largest absolute Gasteiger partial charge is 0.371 e. The van der Waals surface area contributed by atoms with Crippen molar-refractivity contribution in [2.24, 2.45) is 0 Å². The highest BCUT2D eigenvalue weighted by atomic mass is 16.1. The molecule has 0 saturated carbocycles. The molecule has 1 aromatic heterocycles. The van der Waals surface area contributed by atoms with E-state index in [2.05, 4.69) is 53.4 Å². The van der Waals surface area contributed by atoms with E-state index in [1.807, 2.05) is 28.9 Å². The van der Waals surface area contributed by atoms with Gasteiger partial charge in [0.05, 0.1) is 24.0 Å². The Labute approximate surface area is 172 Å². The van der Waals surface area contributed by atoms with Crippen LogP contribution in [0.15, 0.2) is 54.7 Å². The zero-order chi connectivity index (χ0) is 20.2. The molecule has 2 heterocycles. The van der Waals surface area contributed by atoms with Gasteiger partial charge in [-0.15, -0.1) is 0 Å². The summed E-state index contributed by atoms with van der Waals surface area (Å²) in [6.45, 7) is 7.07. The number of nitrogens with one attached hydrogen (secondary N) is 1. The number of nitrogens with zero attached hydrogens (tertiary/aromatic N) is 3. The lowest BCUT2D eigenvalue weighted by molar-refractivity contribution is 0.102. The molecule has 0 spiro atoms. The van der Waals surface area contributed by atoms with Crippen molar-refractivity contribution >= 4 is 17.3 Å². The van der Waals surface area contributed by atoms with Gasteiger partial charge in [0.15, 0.2) is 0 Å². The van der Waals surface area contributed by atoms with Crippen molar-refractivity contribution in [1.82, 2.24) is 9.78 Å². The number of hydrogen-bond donors (Lipinski definition) is 1. The molecule has 1 aliphatic heterocycles. The van der Waals surface area contributed by atoms with E-state index in [-0.39, 0.29) is 5.91 Å². The Morgan fingerprint density at radius 2 is 1.86 bits per heavy atom. The van der Waals surface area contributed by atoms with Gasteiger partial charge in [-0.05, 0) is 55.5 Å². The Balaban J connectivity index is 1.50. The van der Waals surface area contributed by atoms with E-state index in [9.17, 15) is 4.79 Å². The van der Waals surface area contributed by atoms with Crippen LogP contribution in [-0.4, -0.2) is 28.8 Å². The van der Waals surface area contributed by atoms with Gasteiger partial charge in [0, 0.05) is 24.5 Å². The first-order chi connectivity index (χ1) is 14.2. The fourth-order valence-electron chi connectivity index (χ4n) is 4.11. The highest BCUT2D eigenvalue weighted by molar-refractivity contribution is 6.05. The molecule has 0 atom stereocenters. The first-order valence-corrected chi connectivity index (χ1v) is 10.4. The van der Waals surface area contributed by atoms with E-state index in [1.54, 1.807) is 6.20 Å². The molecule has 0 radical (unpaired) electrons. The number of rotatable bonds is 6. The molecule has 1 saturated heterocycles. The van der Waals surface area contributed by atoms with Crippen LogP contribution in [0.2, 0.25) is 0 Å². The highest BCUT2D eigenvalue weighted by Crippen LogP contribution is 2.27. The lowest BCUT2D eigenvalue weighted by atomic mass is 10.1. The number of anilines is 2. The van der Waals surface area contributed by atoms with Crippen molar-refractivity contribution in [3.05, 3.63) is 77.1 Å². The molecular weight excluding hydrogens is 360 g/mol. The minimum Gasteiger partial charge on any atom is -0.371 e. The number of carbonyl (C=O) groups excluding carboxylic acids is 1. The normalized spacial score (nSPS) is 13.7. The van der Waals surface area contributed by atoms with E-state index in [4.69, 9.17) is 0 Å². The highest BCUT2D eigenvalue weighted by Gasteiger charge is 2.18. The van der Waals surface area contributed by atoms with Gasteiger partial charge in [-0.25, -0.2) is 0 Å². The lowest BCUT2D eigenvalue weighted by Gasteiger charge is -2.20. The molecule has 0 aliphatic carbocycles. The maximum Gasteiger partial charge on any atom is 0.259 e. The molecule has 2 aromatic carbocycles. The lowest BCUT2D eigenvalue weighted by Crippen LogP contribution is -2.19. The predicted octanol–water partition coefficient (Wildman–Crippen LogP) is 4.65. The SMILES string of the molecule is CCc1c(C(=O)Nc2ccc(N3CCCC3)c(C)c2)cnn1Cc1ccccc1. The van der Waals surface area contributed by atoms with Crippen LogP contribution in [0.25, 0.3) is 0 Å². The van der Waals surface area contributed by atoms with Gasteiger partial charge >= 0.3 is 0 Å². The minimum absolute atomic E-state index is 0.102. The Bertz CT molecular complexity index is 987. The molecule has 29 heavy (non-hydrogen) atoms. The summed E-state index contributed by atoms with van der Waals surface area (Å²) in [5.74, 6) is -0.102. The standard InChI is InChI=1S/C24H28N4O/c1-3-22-21(16-25-28(22)17-19-9-5-4-6-10-19)24(29)26-20-11-12-23(18(2)15-20)27-13-7-8-14-27/h4-6,9-12,15-16H,3,7-8,13-14,17H2,1-2H3,(H,26,29). The van der Waals surface area contributed by atoms with Crippen LogP contribution in [0.1, 0.15) is 46.9 Å². The summed E-state index contributed by atoms with van der Waals surface area (Å²) in [4.78, 5) is 15.4. The third-order valence-electron chi connectivity index (χ3n) is 5.60. The first-order valence-electron chi connectivity index (χ1n) is 10.4. The molecule has 3 aromatic rings. The van der Waals surface area contributed by atoms with Crippen molar-refractivity contribution in [1.29, 1.82) is 0 Å². The van der Waals surface area contributed by atoms with Gasteiger partial charge in [0.1, 0.15) is 0 Å². The van der Waals surface area contributed by atoms with Crippen molar-refractivity contribution in [3.63, 3.8) is 0 Å². The second kappa shape index (κ2) is 8.52. The number of hydrogen-bond acceptors (Lipinski definition) is 3. The van der Waals surface area contributed by atoms with Crippen LogP contribution < -0.4 is 10.2 Å². The van der Waals surface area contributed by atoms with Crippen LogP contribution in [0.4, 0.5) is 11.4 Å². The van der Waals surface area contributed by atoms with Gasteiger partial charge in [0.25, 0.3) is 5.91 Å². The van der Waals surface area contributed by atoms with Gasteiger partial charge in [-0.3, -0.25) is 9.48 Å². The van der Waals surface area contributed by atoms with Crippen LogP contribution >= 0.6 is 0 Å². The van der Waals surface area contributed by atoms with E-state index < -0.39 is 0 Å². The molecule has 1 fully saturated rings. The number of amides is 1. The van der Waals surface area contributed by atoms with Crippen LogP contribution in [0.5, 0.6) is 0 Å². The Kier molecular flexibility index (Phi) is 5.65. The Hall–Kier alpha value is -3.08. The van der Waals surface area contributed by atoms with Crippen LogP contribution in [0.3, 0.4) is 0 Å². The second-order valence-electron chi connectivity index (χ2n) is 7.65. The van der Waals surface area contributed by atoms with E-state index in [0.717, 1.165) is 30.9 Å². The maximum absolute atomic E-state index is 12.9. The number of aryl methyl sites for hydroxylation is 1. The van der Waals surface area contributed by atoms with E-state index in [0.29, 0.717) is 12.1 Å². The summed E-state index contributed by atoms with van der Waals surface area (Å²) in [5, 5.41) is 7.54. The molecular formula is C24H28N4O. The van der Waals surface area contributed by atoms with Crippen LogP contribution in [0, 0.1) is 6.92 Å². The first kappa shape index (κ1) is 19.2. The summed E-state index contributed by atoms with van der Waals surface area (Å²) in [7, 11) is 0. The van der Waals surface area contributed by atoms with E-state index >= 15 is 0 Å². The van der Waals surface area contributed by atoms with Gasteiger partial charge in [-0.2, -0.15) is 5.10 Å². The van der Waals surface area contributed by atoms with Crippen molar-refractivity contribution in [2.45, 2.75) is 39.7 Å². The summed E-state index contributed by atoms with van der Waals surface area (Å²) < 4.78 is 1.92. The Morgan fingerprint density at radius 1 is 1.10 bits per heavy atom. The average molecular weight is 389 g/mol. The van der Waals surface area contributed by atoms with E-state index in [1.165, 1.54) is 29.7 Å².